The molecule has 8 nitrogen and oxygen atoms in total. The Labute approximate surface area is 174 Å². The molecule has 30 heavy (non-hydrogen) atoms. The number of nitrogens with zero attached hydrogens (tertiary/aromatic N) is 3. The molecule has 1 fully saturated rings. The van der Waals surface area contributed by atoms with Gasteiger partial charge in [-0.2, -0.15) is 0 Å². The van der Waals surface area contributed by atoms with Crippen molar-refractivity contribution in [3.63, 3.8) is 0 Å². The van der Waals surface area contributed by atoms with Crippen LogP contribution in [0.2, 0.25) is 0 Å². The zero-order valence-electron chi connectivity index (χ0n) is 16.7. The molecule has 8 heteroatoms. The largest absolute Gasteiger partial charge is 0.376 e. The highest BCUT2D eigenvalue weighted by atomic mass is 16.7. The quantitative estimate of drug-likeness (QED) is 0.586. The summed E-state index contributed by atoms with van der Waals surface area (Å²) in [5.74, 6) is -1.72. The Morgan fingerprint density at radius 3 is 2.23 bits per heavy atom. The first-order valence-corrected chi connectivity index (χ1v) is 9.56. The van der Waals surface area contributed by atoms with E-state index in [0.29, 0.717) is 24.3 Å². The van der Waals surface area contributed by atoms with Gasteiger partial charge in [-0.05, 0) is 38.1 Å². The number of benzene rings is 2. The van der Waals surface area contributed by atoms with Gasteiger partial charge < -0.3 is 9.74 Å². The van der Waals surface area contributed by atoms with Crippen molar-refractivity contribution in [3.8, 4) is 0 Å². The van der Waals surface area contributed by atoms with E-state index in [2.05, 4.69) is 10.6 Å². The molecule has 1 aliphatic heterocycles. The predicted molar refractivity (Wildman–Crippen MR) is 112 cm³/mol. The van der Waals surface area contributed by atoms with Gasteiger partial charge in [0, 0.05) is 24.7 Å². The lowest BCUT2D eigenvalue weighted by atomic mass is 10.2. The summed E-state index contributed by atoms with van der Waals surface area (Å²) >= 11 is 0. The molecule has 0 unspecified atom stereocenters. The third-order valence-electron chi connectivity index (χ3n) is 4.48. The molecule has 0 spiro atoms. The lowest BCUT2D eigenvalue weighted by molar-refractivity contribution is -0.140. The molecule has 2 aromatic carbocycles. The highest BCUT2D eigenvalue weighted by molar-refractivity contribution is 6.45. The number of hydrazine groups is 1. The Morgan fingerprint density at radius 1 is 1.03 bits per heavy atom. The van der Waals surface area contributed by atoms with E-state index in [4.69, 9.17) is 4.84 Å². The molecule has 0 atom stereocenters. The lowest BCUT2D eigenvalue weighted by Gasteiger charge is -2.19. The maximum atomic E-state index is 13.0. The average Bonchev–Trinajstić information content (AvgIpc) is 3.15. The first-order chi connectivity index (χ1) is 14.5. The van der Waals surface area contributed by atoms with Gasteiger partial charge in [-0.15, -0.1) is 0 Å². The van der Waals surface area contributed by atoms with Crippen LogP contribution in [0.3, 0.4) is 0 Å². The van der Waals surface area contributed by atoms with Crippen LogP contribution < -0.4 is 10.6 Å². The number of rotatable bonds is 6. The van der Waals surface area contributed by atoms with Crippen molar-refractivity contribution in [3.05, 3.63) is 78.0 Å². The van der Waals surface area contributed by atoms with Gasteiger partial charge in [0.1, 0.15) is 5.71 Å². The van der Waals surface area contributed by atoms with Gasteiger partial charge in [-0.3, -0.25) is 9.59 Å². The number of hydrogen-bond donors (Lipinski definition) is 1. The molecule has 154 valence electrons. The third-order valence-corrected chi connectivity index (χ3v) is 4.48. The van der Waals surface area contributed by atoms with Crippen LogP contribution >= 0.6 is 0 Å². The number of carbonyl (C=O) groups excluding carboxylic acids is 3. The van der Waals surface area contributed by atoms with Crippen molar-refractivity contribution in [2.75, 3.05) is 18.1 Å². The Kier molecular flexibility index (Phi) is 6.71. The lowest BCUT2D eigenvalue weighted by Crippen LogP contribution is -2.37. The minimum absolute atomic E-state index is 0.0429. The Balaban J connectivity index is 2.04. The van der Waals surface area contributed by atoms with Gasteiger partial charge in [-0.1, -0.05) is 42.0 Å². The number of carbonyl (C=O) groups is 3. The molecule has 2 aromatic rings. The maximum Gasteiger partial charge on any atom is 0.376 e. The highest BCUT2D eigenvalue weighted by Crippen LogP contribution is 2.21. The van der Waals surface area contributed by atoms with E-state index < -0.39 is 17.8 Å². The summed E-state index contributed by atoms with van der Waals surface area (Å²) in [6, 6.07) is 17.4. The second-order valence-electron chi connectivity index (χ2n) is 6.33. The number of hydrogen-bond acceptors (Lipinski definition) is 6. The second kappa shape index (κ2) is 9.62. The molecule has 0 bridgehead atoms. The molecule has 0 saturated carbocycles. The van der Waals surface area contributed by atoms with Gasteiger partial charge >= 0.3 is 5.97 Å². The SMILES string of the molecule is CCN(CC)C(=O)C(/C=C1\C(=O)ONN1c1ccccc1)=NC(=O)c1ccccc1. The summed E-state index contributed by atoms with van der Waals surface area (Å²) in [6.45, 7) is 4.52. The summed E-state index contributed by atoms with van der Waals surface area (Å²) in [5.41, 5.74) is 3.37. The number of para-hydroxylation sites is 1. The fourth-order valence-electron chi connectivity index (χ4n) is 2.87. The molecule has 1 heterocycles. The zero-order valence-corrected chi connectivity index (χ0v) is 16.7. The topological polar surface area (TPSA) is 91.3 Å². The summed E-state index contributed by atoms with van der Waals surface area (Å²) in [7, 11) is 0. The molecule has 1 N–H and O–H groups in total. The number of amides is 2. The summed E-state index contributed by atoms with van der Waals surface area (Å²) in [6.07, 6.45) is 1.27. The van der Waals surface area contributed by atoms with Crippen LogP contribution in [0, 0.1) is 0 Å². The van der Waals surface area contributed by atoms with E-state index in [-0.39, 0.29) is 11.4 Å². The van der Waals surface area contributed by atoms with Crippen LogP contribution in [0.15, 0.2) is 77.4 Å². The summed E-state index contributed by atoms with van der Waals surface area (Å²) in [5, 5.41) is 1.39. The smallest absolute Gasteiger partial charge is 0.345 e. The van der Waals surface area contributed by atoms with E-state index in [1.807, 2.05) is 19.9 Å². The van der Waals surface area contributed by atoms with Gasteiger partial charge in [0.15, 0.2) is 5.70 Å². The van der Waals surface area contributed by atoms with Crippen molar-refractivity contribution in [1.82, 2.24) is 10.5 Å². The number of anilines is 1. The van der Waals surface area contributed by atoms with Crippen LogP contribution in [-0.4, -0.2) is 41.5 Å². The third kappa shape index (κ3) is 4.61. The Hall–Kier alpha value is -3.78. The molecule has 1 saturated heterocycles. The van der Waals surface area contributed by atoms with Crippen LogP contribution in [-0.2, 0) is 14.4 Å². The monoisotopic (exact) mass is 406 g/mol. The summed E-state index contributed by atoms with van der Waals surface area (Å²) < 4.78 is 0. The van der Waals surface area contributed by atoms with Crippen LogP contribution in [0.1, 0.15) is 24.2 Å². The minimum atomic E-state index is -0.689. The predicted octanol–water partition coefficient (Wildman–Crippen LogP) is 2.50. The minimum Gasteiger partial charge on any atom is -0.345 e. The molecule has 0 aromatic heterocycles. The maximum absolute atomic E-state index is 13.0. The van der Waals surface area contributed by atoms with E-state index in [0.717, 1.165) is 0 Å². The molecular formula is C22H22N4O4. The Bertz CT molecular complexity index is 983. The molecule has 1 aliphatic rings. The van der Waals surface area contributed by atoms with E-state index in [9.17, 15) is 14.4 Å². The van der Waals surface area contributed by atoms with Crippen molar-refractivity contribution < 1.29 is 19.2 Å². The first kappa shape index (κ1) is 20.9. The Morgan fingerprint density at radius 2 is 1.63 bits per heavy atom. The van der Waals surface area contributed by atoms with Gasteiger partial charge in [0.2, 0.25) is 0 Å². The standard InChI is InChI=1S/C22H22N4O4/c1-3-25(4-2)21(28)18(23-20(27)16-11-7-5-8-12-16)15-19-22(29)30-24-26(19)17-13-9-6-10-14-17/h5-15,24H,3-4H2,1-2H3/b19-15+,23-18?. The molecular weight excluding hydrogens is 384 g/mol. The van der Waals surface area contributed by atoms with Crippen molar-refractivity contribution in [2.45, 2.75) is 13.8 Å². The van der Waals surface area contributed by atoms with Crippen molar-refractivity contribution in [1.29, 1.82) is 0 Å². The van der Waals surface area contributed by atoms with E-state index in [1.165, 1.54) is 16.0 Å². The van der Waals surface area contributed by atoms with Crippen LogP contribution in [0.25, 0.3) is 0 Å². The van der Waals surface area contributed by atoms with Gasteiger partial charge in [0.05, 0.1) is 5.69 Å². The molecule has 3 rings (SSSR count). The average molecular weight is 406 g/mol. The fourth-order valence-corrected chi connectivity index (χ4v) is 2.87. The normalized spacial score (nSPS) is 15.3. The van der Waals surface area contributed by atoms with Gasteiger partial charge in [0.25, 0.3) is 11.8 Å². The van der Waals surface area contributed by atoms with Crippen molar-refractivity contribution in [2.24, 2.45) is 4.99 Å². The van der Waals surface area contributed by atoms with E-state index >= 15 is 0 Å². The van der Waals surface area contributed by atoms with Crippen LogP contribution in [0.5, 0.6) is 0 Å². The van der Waals surface area contributed by atoms with Crippen LogP contribution in [0.4, 0.5) is 5.69 Å². The fraction of sp³-hybridized carbons (Fsp3) is 0.182. The highest BCUT2D eigenvalue weighted by Gasteiger charge is 2.31. The first-order valence-electron chi connectivity index (χ1n) is 9.56. The molecule has 0 aliphatic carbocycles. The zero-order chi connectivity index (χ0) is 21.5. The summed E-state index contributed by atoms with van der Waals surface area (Å²) in [4.78, 5) is 48.5. The van der Waals surface area contributed by atoms with Crippen molar-refractivity contribution >= 4 is 29.2 Å². The number of nitrogens with one attached hydrogen (secondary N) is 1. The molecule has 2 amide bonds. The number of aliphatic imine (C=N–C) groups is 1. The van der Waals surface area contributed by atoms with E-state index in [1.54, 1.807) is 54.6 Å². The van der Waals surface area contributed by atoms with Gasteiger partial charge in [-0.25, -0.2) is 14.8 Å². The second-order valence-corrected chi connectivity index (χ2v) is 6.33. The molecule has 0 radical (unpaired) electrons.